The van der Waals surface area contributed by atoms with Crippen molar-refractivity contribution >= 4 is 17.7 Å². The summed E-state index contributed by atoms with van der Waals surface area (Å²) in [7, 11) is 0. The van der Waals surface area contributed by atoms with Gasteiger partial charge in [0, 0.05) is 37.2 Å². The summed E-state index contributed by atoms with van der Waals surface area (Å²) in [5.74, 6) is 0.465. The molecule has 0 aromatic rings. The number of nitrogens with one attached hydrogen (secondary N) is 1. The second kappa shape index (κ2) is 4.94. The molecule has 0 saturated carbocycles. The van der Waals surface area contributed by atoms with Gasteiger partial charge in [-0.2, -0.15) is 11.8 Å². The third kappa shape index (κ3) is 2.36. The smallest absolute Gasteiger partial charge is 0.305 e. The van der Waals surface area contributed by atoms with Gasteiger partial charge in [0.1, 0.15) is 0 Å². The van der Waals surface area contributed by atoms with Gasteiger partial charge in [0.25, 0.3) is 0 Å². The molecule has 2 aliphatic rings. The summed E-state index contributed by atoms with van der Waals surface area (Å²) < 4.78 is 0. The second-order valence-corrected chi connectivity index (χ2v) is 6.15. The van der Waals surface area contributed by atoms with Crippen molar-refractivity contribution in [2.45, 2.75) is 30.6 Å². The van der Waals surface area contributed by atoms with E-state index in [9.17, 15) is 4.79 Å². The van der Waals surface area contributed by atoms with Crippen LogP contribution in [-0.4, -0.2) is 58.7 Å². The molecule has 2 aliphatic heterocycles. The minimum Gasteiger partial charge on any atom is -0.481 e. The molecule has 0 aromatic heterocycles. The first-order chi connectivity index (χ1) is 7.66. The van der Waals surface area contributed by atoms with Crippen LogP contribution >= 0.6 is 11.8 Å². The largest absolute Gasteiger partial charge is 0.481 e. The van der Waals surface area contributed by atoms with E-state index in [2.05, 4.69) is 17.1 Å². The lowest BCUT2D eigenvalue weighted by molar-refractivity contribution is -0.141. The first-order valence-electron chi connectivity index (χ1n) is 5.95. The quantitative estimate of drug-likeness (QED) is 0.760. The van der Waals surface area contributed by atoms with Crippen molar-refractivity contribution in [1.29, 1.82) is 0 Å². The third-order valence-electron chi connectivity index (χ3n) is 3.65. The monoisotopic (exact) mass is 244 g/mol. The van der Waals surface area contributed by atoms with Crippen molar-refractivity contribution < 1.29 is 9.90 Å². The molecule has 16 heavy (non-hydrogen) atoms. The van der Waals surface area contributed by atoms with E-state index in [1.807, 2.05) is 11.8 Å². The Bertz CT molecular complexity index is 269. The molecule has 2 saturated heterocycles. The number of hydrogen-bond donors (Lipinski definition) is 2. The number of nitrogens with zero attached hydrogens (tertiary/aromatic N) is 1. The highest BCUT2D eigenvalue weighted by molar-refractivity contribution is 8.00. The van der Waals surface area contributed by atoms with Gasteiger partial charge in [-0.05, 0) is 6.42 Å². The number of hydrogen-bond acceptors (Lipinski definition) is 4. The summed E-state index contributed by atoms with van der Waals surface area (Å²) in [6.45, 7) is 5.97. The zero-order valence-electron chi connectivity index (χ0n) is 9.74. The van der Waals surface area contributed by atoms with Crippen molar-refractivity contribution in [3.8, 4) is 0 Å². The predicted octanol–water partition coefficient (Wildman–Crippen LogP) is 0.631. The van der Waals surface area contributed by atoms with Gasteiger partial charge < -0.3 is 10.4 Å². The molecule has 4 nitrogen and oxygen atoms in total. The van der Waals surface area contributed by atoms with E-state index in [1.165, 1.54) is 6.42 Å². The molecular formula is C11H20N2O2S. The Morgan fingerprint density at radius 3 is 2.88 bits per heavy atom. The van der Waals surface area contributed by atoms with E-state index in [1.54, 1.807) is 0 Å². The van der Waals surface area contributed by atoms with Crippen molar-refractivity contribution in [3.05, 3.63) is 0 Å². The van der Waals surface area contributed by atoms with E-state index >= 15 is 0 Å². The van der Waals surface area contributed by atoms with Gasteiger partial charge >= 0.3 is 5.97 Å². The molecule has 2 N–H and O–H groups in total. The fourth-order valence-electron chi connectivity index (χ4n) is 2.55. The summed E-state index contributed by atoms with van der Waals surface area (Å²) in [4.78, 5) is 13.3. The minimum atomic E-state index is -0.673. The summed E-state index contributed by atoms with van der Waals surface area (Å²) in [6, 6.07) is 0. The summed E-state index contributed by atoms with van der Waals surface area (Å²) in [5.41, 5.74) is -0.0970. The van der Waals surface area contributed by atoms with Gasteiger partial charge in [-0.1, -0.05) is 6.92 Å². The van der Waals surface area contributed by atoms with Crippen LogP contribution in [-0.2, 0) is 4.79 Å². The third-order valence-corrected chi connectivity index (χ3v) is 5.03. The highest BCUT2D eigenvalue weighted by atomic mass is 32.2. The maximum Gasteiger partial charge on any atom is 0.305 e. The molecule has 2 rings (SSSR count). The average molecular weight is 244 g/mol. The van der Waals surface area contributed by atoms with Crippen LogP contribution in [0, 0.1) is 0 Å². The summed E-state index contributed by atoms with van der Waals surface area (Å²) in [6.07, 6.45) is 1.46. The number of thioether (sulfide) groups is 1. The standard InChI is InChI=1S/C11H20N2O2S/c1-2-9-6-13(3-4-16-9)11(5-10(14)15)7-12-8-11/h9,12H,2-8H2,1H3,(H,14,15). The predicted molar refractivity (Wildman–Crippen MR) is 66.0 cm³/mol. The van der Waals surface area contributed by atoms with Gasteiger partial charge in [0.15, 0.2) is 0 Å². The molecule has 2 heterocycles. The Kier molecular flexibility index (Phi) is 3.77. The van der Waals surface area contributed by atoms with Crippen LogP contribution in [0.2, 0.25) is 0 Å². The maximum atomic E-state index is 10.9. The minimum absolute atomic E-state index is 0.0970. The molecule has 1 unspecified atom stereocenters. The normalized spacial score (nSPS) is 29.7. The SMILES string of the molecule is CCC1CN(C2(CC(=O)O)CNC2)CCS1. The lowest BCUT2D eigenvalue weighted by Gasteiger charge is -2.52. The average Bonchev–Trinajstić information content (AvgIpc) is 2.23. The first kappa shape index (κ1) is 12.2. The van der Waals surface area contributed by atoms with Gasteiger partial charge in [-0.25, -0.2) is 0 Å². The number of rotatable bonds is 4. The first-order valence-corrected chi connectivity index (χ1v) is 7.00. The van der Waals surface area contributed by atoms with Crippen LogP contribution in [0.5, 0.6) is 0 Å². The van der Waals surface area contributed by atoms with Crippen LogP contribution in [0.1, 0.15) is 19.8 Å². The number of carboxylic acid groups (broad SMARTS) is 1. The lowest BCUT2D eigenvalue weighted by atomic mass is 9.86. The second-order valence-electron chi connectivity index (χ2n) is 4.75. The molecule has 1 atom stereocenters. The molecule has 0 bridgehead atoms. The van der Waals surface area contributed by atoms with Gasteiger partial charge in [-0.3, -0.25) is 9.69 Å². The summed E-state index contributed by atoms with van der Waals surface area (Å²) >= 11 is 2.03. The highest BCUT2D eigenvalue weighted by Gasteiger charge is 2.45. The Hall–Kier alpha value is -0.260. The Balaban J connectivity index is 2.00. The van der Waals surface area contributed by atoms with Gasteiger partial charge in [-0.15, -0.1) is 0 Å². The maximum absolute atomic E-state index is 10.9. The molecule has 5 heteroatoms. The highest BCUT2D eigenvalue weighted by Crippen LogP contribution is 2.31. The van der Waals surface area contributed by atoms with Crippen LogP contribution in [0.25, 0.3) is 0 Å². The van der Waals surface area contributed by atoms with Crippen molar-refractivity contribution in [2.24, 2.45) is 0 Å². The summed E-state index contributed by atoms with van der Waals surface area (Å²) in [5, 5.41) is 12.9. The van der Waals surface area contributed by atoms with Crippen LogP contribution in [0.15, 0.2) is 0 Å². The Morgan fingerprint density at radius 1 is 1.62 bits per heavy atom. The molecule has 92 valence electrons. The van der Waals surface area contributed by atoms with E-state index in [-0.39, 0.29) is 12.0 Å². The number of carbonyl (C=O) groups is 1. The number of carboxylic acids is 1. The Labute approximate surface area is 101 Å². The number of aliphatic carboxylic acids is 1. The van der Waals surface area contributed by atoms with Crippen LogP contribution < -0.4 is 5.32 Å². The van der Waals surface area contributed by atoms with Crippen LogP contribution in [0.3, 0.4) is 0 Å². The topological polar surface area (TPSA) is 52.6 Å². The zero-order valence-corrected chi connectivity index (χ0v) is 10.6. The Morgan fingerprint density at radius 2 is 2.38 bits per heavy atom. The molecule has 0 aliphatic carbocycles. The molecular weight excluding hydrogens is 224 g/mol. The molecule has 0 spiro atoms. The molecule has 0 aromatic carbocycles. The van der Waals surface area contributed by atoms with Crippen molar-refractivity contribution in [1.82, 2.24) is 10.2 Å². The van der Waals surface area contributed by atoms with Gasteiger partial charge in [0.05, 0.1) is 12.0 Å². The zero-order chi connectivity index (χ0) is 11.6. The van der Waals surface area contributed by atoms with E-state index in [0.29, 0.717) is 5.25 Å². The molecule has 2 fully saturated rings. The van der Waals surface area contributed by atoms with E-state index < -0.39 is 5.97 Å². The van der Waals surface area contributed by atoms with E-state index in [0.717, 1.165) is 31.9 Å². The van der Waals surface area contributed by atoms with Crippen molar-refractivity contribution in [2.75, 3.05) is 31.9 Å². The van der Waals surface area contributed by atoms with Crippen molar-refractivity contribution in [3.63, 3.8) is 0 Å². The fraction of sp³-hybridized carbons (Fsp3) is 0.909. The van der Waals surface area contributed by atoms with Crippen LogP contribution in [0.4, 0.5) is 0 Å². The molecule has 0 radical (unpaired) electrons. The van der Waals surface area contributed by atoms with E-state index in [4.69, 9.17) is 5.11 Å². The molecule has 0 amide bonds. The lowest BCUT2D eigenvalue weighted by Crippen LogP contribution is -2.71. The fourth-order valence-corrected chi connectivity index (χ4v) is 3.73. The van der Waals surface area contributed by atoms with Gasteiger partial charge in [0.2, 0.25) is 0 Å².